The number of hydrogen-bond acceptors (Lipinski definition) is 11. The SMILES string of the molecule is CC1(C)C(C=CC=CC=C2N(CCCCCC(=O)Oc3c(F)c(F)cc(F)c3F)c3ccc(S(=O)(=O)O)cc3C2(C)CCCCS(=O)(=O)O)=[N+](CCCS(=O)(=O)O)c2ccc(S(=O)(=O)O)cc21. The third-order valence-electron chi connectivity index (χ3n) is 11.6. The first-order valence-corrected chi connectivity index (χ1v) is 26.7. The van der Waals surface area contributed by atoms with Crippen molar-refractivity contribution in [1.29, 1.82) is 0 Å². The molecule has 2 heterocycles. The number of carbonyl (C=O) groups is 1. The van der Waals surface area contributed by atoms with Crippen LogP contribution in [0.2, 0.25) is 0 Å². The molecule has 16 nitrogen and oxygen atoms in total. The fourth-order valence-corrected chi connectivity index (χ4v) is 10.4. The van der Waals surface area contributed by atoms with Gasteiger partial charge in [-0.25, -0.2) is 8.78 Å². The summed E-state index contributed by atoms with van der Waals surface area (Å²) in [6, 6.07) is 7.97. The van der Waals surface area contributed by atoms with E-state index < -0.39 is 109 Å². The Hall–Kier alpha value is -4.82. The minimum absolute atomic E-state index is 0.00756. The number of hydrogen-bond donors (Lipinski definition) is 4. The van der Waals surface area contributed by atoms with Crippen LogP contribution in [0.25, 0.3) is 0 Å². The number of anilines is 1. The Balaban J connectivity index is 1.47. The molecule has 0 radical (unpaired) electrons. The maximum absolute atomic E-state index is 14.1. The Morgan fingerprint density at radius 2 is 1.28 bits per heavy atom. The van der Waals surface area contributed by atoms with Crippen molar-refractivity contribution in [3.63, 3.8) is 0 Å². The fourth-order valence-electron chi connectivity index (χ4n) is 8.30. The number of benzene rings is 3. The molecule has 2 aliphatic heterocycles. The van der Waals surface area contributed by atoms with Gasteiger partial charge in [0.05, 0.1) is 26.7 Å². The van der Waals surface area contributed by atoms with Crippen LogP contribution in [-0.2, 0) is 56.1 Å². The van der Waals surface area contributed by atoms with Crippen LogP contribution in [0.5, 0.6) is 5.75 Å². The van der Waals surface area contributed by atoms with Crippen LogP contribution < -0.4 is 9.64 Å². The van der Waals surface area contributed by atoms with Crippen LogP contribution in [-0.4, -0.2) is 92.7 Å². The molecule has 0 fully saturated rings. The van der Waals surface area contributed by atoms with Gasteiger partial charge in [-0.1, -0.05) is 31.1 Å². The number of rotatable bonds is 21. The molecule has 0 saturated carbocycles. The summed E-state index contributed by atoms with van der Waals surface area (Å²) in [4.78, 5) is 13.5. The first-order valence-electron chi connectivity index (χ1n) is 20.6. The van der Waals surface area contributed by atoms with Crippen molar-refractivity contribution in [2.24, 2.45) is 0 Å². The molecular weight excluding hydrogens is 973 g/mol. The van der Waals surface area contributed by atoms with E-state index >= 15 is 0 Å². The summed E-state index contributed by atoms with van der Waals surface area (Å²) in [5, 5.41) is 0. The molecule has 2 aliphatic rings. The Morgan fingerprint density at radius 1 is 0.701 bits per heavy atom. The van der Waals surface area contributed by atoms with Gasteiger partial charge in [0.15, 0.2) is 17.3 Å². The Labute approximate surface area is 386 Å². The molecule has 0 aliphatic carbocycles. The second-order valence-corrected chi connectivity index (χ2v) is 22.7. The van der Waals surface area contributed by atoms with Gasteiger partial charge in [-0.15, -0.1) is 0 Å². The number of halogens is 4. The van der Waals surface area contributed by atoms with Crippen LogP contribution in [0.1, 0.15) is 83.3 Å². The lowest BCUT2D eigenvalue weighted by Gasteiger charge is -2.30. The largest absolute Gasteiger partial charge is 0.420 e. The first-order chi connectivity index (χ1) is 31.0. The van der Waals surface area contributed by atoms with E-state index in [2.05, 4.69) is 4.74 Å². The predicted octanol–water partition coefficient (Wildman–Crippen LogP) is 7.39. The molecule has 366 valence electrons. The molecule has 0 saturated heterocycles. The predicted molar refractivity (Wildman–Crippen MR) is 238 cm³/mol. The summed E-state index contributed by atoms with van der Waals surface area (Å²) in [5.74, 6) is -11.0. The summed E-state index contributed by atoms with van der Waals surface area (Å²) >= 11 is 0. The van der Waals surface area contributed by atoms with Crippen molar-refractivity contribution >= 4 is 63.5 Å². The third kappa shape index (κ3) is 12.8. The zero-order valence-electron chi connectivity index (χ0n) is 36.3. The van der Waals surface area contributed by atoms with E-state index in [9.17, 15) is 74.2 Å². The van der Waals surface area contributed by atoms with Gasteiger partial charge in [-0.2, -0.15) is 47.0 Å². The molecule has 5 rings (SSSR count). The van der Waals surface area contributed by atoms with Crippen molar-refractivity contribution in [2.45, 2.75) is 92.8 Å². The third-order valence-corrected chi connectivity index (χ3v) is 14.9. The summed E-state index contributed by atoms with van der Waals surface area (Å²) < 4.78 is 195. The maximum atomic E-state index is 14.1. The van der Waals surface area contributed by atoms with E-state index in [1.165, 1.54) is 36.4 Å². The Morgan fingerprint density at radius 3 is 1.88 bits per heavy atom. The number of fused-ring (bicyclic) bond motifs is 2. The lowest BCUT2D eigenvalue weighted by molar-refractivity contribution is -0.437. The second kappa shape index (κ2) is 20.4. The van der Waals surface area contributed by atoms with Crippen molar-refractivity contribution in [2.75, 3.05) is 29.5 Å². The lowest BCUT2D eigenvalue weighted by atomic mass is 9.77. The van der Waals surface area contributed by atoms with Crippen molar-refractivity contribution in [1.82, 2.24) is 0 Å². The first kappa shape index (κ1) is 53.1. The van der Waals surface area contributed by atoms with Crippen molar-refractivity contribution in [3.05, 3.63) is 113 Å². The molecule has 24 heteroatoms. The summed E-state index contributed by atoms with van der Waals surface area (Å²) in [6.07, 6.45) is 9.19. The second-order valence-electron chi connectivity index (χ2n) is 16.7. The molecule has 67 heavy (non-hydrogen) atoms. The molecule has 0 aromatic heterocycles. The number of nitrogens with zero attached hydrogens (tertiary/aromatic N) is 2. The topological polar surface area (TPSA) is 250 Å². The van der Waals surface area contributed by atoms with Crippen LogP contribution in [0.3, 0.4) is 0 Å². The molecule has 3 aromatic rings. The number of unbranched alkanes of at least 4 members (excludes halogenated alkanes) is 3. The number of carbonyl (C=O) groups excluding carboxylic acids is 1. The minimum atomic E-state index is -4.71. The van der Waals surface area contributed by atoms with Crippen LogP contribution in [0.4, 0.5) is 28.9 Å². The van der Waals surface area contributed by atoms with Gasteiger partial charge in [0.25, 0.3) is 40.5 Å². The van der Waals surface area contributed by atoms with Crippen molar-refractivity contribution < 1.29 is 83.6 Å². The summed E-state index contributed by atoms with van der Waals surface area (Å²) in [6.45, 7) is 5.68. The van der Waals surface area contributed by atoms with Gasteiger partial charge in [-0.3, -0.25) is 23.0 Å². The highest BCUT2D eigenvalue weighted by Gasteiger charge is 2.46. The zero-order chi connectivity index (χ0) is 49.9. The number of esters is 1. The molecular formula is C43H49F4N2O14S4+. The van der Waals surface area contributed by atoms with E-state index in [0.717, 1.165) is 0 Å². The highest BCUT2D eigenvalue weighted by Crippen LogP contribution is 2.51. The Bertz CT molecular complexity index is 3000. The van der Waals surface area contributed by atoms with Crippen molar-refractivity contribution in [3.8, 4) is 5.75 Å². The highest BCUT2D eigenvalue weighted by atomic mass is 32.2. The van der Waals surface area contributed by atoms with Gasteiger partial charge in [0.2, 0.25) is 23.1 Å². The quantitative estimate of drug-likeness (QED) is 0.0119. The Kier molecular flexibility index (Phi) is 16.2. The molecule has 0 spiro atoms. The highest BCUT2D eigenvalue weighted by molar-refractivity contribution is 7.86. The average molecular weight is 1020 g/mol. The molecule has 1 atom stereocenters. The number of ether oxygens (including phenoxy) is 1. The minimum Gasteiger partial charge on any atom is -0.420 e. The molecule has 0 bridgehead atoms. The van der Waals surface area contributed by atoms with E-state index in [0.29, 0.717) is 46.8 Å². The molecule has 1 unspecified atom stereocenters. The number of allylic oxidation sites excluding steroid dienone is 6. The molecule has 4 N–H and O–H groups in total. The van der Waals surface area contributed by atoms with Gasteiger partial charge in [0, 0.05) is 60.0 Å². The van der Waals surface area contributed by atoms with E-state index in [4.69, 9.17) is 0 Å². The van der Waals surface area contributed by atoms with Gasteiger partial charge in [-0.05, 0) is 88.4 Å². The van der Waals surface area contributed by atoms with E-state index in [-0.39, 0.29) is 56.2 Å². The summed E-state index contributed by atoms with van der Waals surface area (Å²) in [7, 11) is -17.9. The van der Waals surface area contributed by atoms with Crippen LogP contribution in [0.15, 0.2) is 88.3 Å². The van der Waals surface area contributed by atoms with E-state index in [1.54, 1.807) is 55.7 Å². The van der Waals surface area contributed by atoms with Gasteiger partial charge < -0.3 is 9.64 Å². The maximum Gasteiger partial charge on any atom is 0.311 e. The standard InChI is InChI=1S/C43H48F4N2O14S4/c1-42(2)30-25-28(66(57,58)59)16-18-34(30)48(22-12-24-65(54,55)56)36(42)13-6-4-7-14-37-43(3,20-9-11-23-64(51,52)53)31-26-29(67(60,61)62)17-19-35(31)49(37)21-10-5-8-15-38(50)63-41-39(46)32(44)27-33(45)40(41)47/h4,6-7,13-14,16-19,25-27H,5,8-12,15,20-24H2,1-3H3,(H3-,51,52,53,54,55,56,57,58,59,60,61,62)/p+1. The van der Waals surface area contributed by atoms with Gasteiger partial charge in [0.1, 0.15) is 6.54 Å². The van der Waals surface area contributed by atoms with Crippen LogP contribution >= 0.6 is 0 Å². The summed E-state index contributed by atoms with van der Waals surface area (Å²) in [5.41, 5.74) is 1.24. The molecule has 3 aromatic carbocycles. The fraction of sp³-hybridized carbons (Fsp3) is 0.395. The zero-order valence-corrected chi connectivity index (χ0v) is 39.6. The smallest absolute Gasteiger partial charge is 0.311 e. The molecule has 0 amide bonds. The normalized spacial score (nSPS) is 18.1. The monoisotopic (exact) mass is 1020 g/mol. The average Bonchev–Trinajstić information content (AvgIpc) is 3.57. The lowest BCUT2D eigenvalue weighted by Crippen LogP contribution is -2.29. The van der Waals surface area contributed by atoms with E-state index in [1.807, 2.05) is 4.90 Å². The van der Waals surface area contributed by atoms with Gasteiger partial charge >= 0.3 is 5.97 Å². The van der Waals surface area contributed by atoms with Crippen LogP contribution in [0, 0.1) is 23.3 Å².